The summed E-state index contributed by atoms with van der Waals surface area (Å²) in [4.78, 5) is 13.0. The number of hydrogen-bond acceptors (Lipinski definition) is 4. The van der Waals surface area contributed by atoms with E-state index in [0.717, 1.165) is 37.9 Å². The van der Waals surface area contributed by atoms with Crippen molar-refractivity contribution < 1.29 is 4.39 Å². The van der Waals surface area contributed by atoms with Crippen molar-refractivity contribution in [3.8, 4) is 0 Å². The fraction of sp³-hybridized carbons (Fsp3) is 0.714. The van der Waals surface area contributed by atoms with E-state index in [-0.39, 0.29) is 11.9 Å². The summed E-state index contributed by atoms with van der Waals surface area (Å²) in [5, 5.41) is 7.04. The zero-order chi connectivity index (χ0) is 19.9. The minimum atomic E-state index is -0.257. The molecule has 0 amide bonds. The summed E-state index contributed by atoms with van der Waals surface area (Å²) in [6.07, 6.45) is 9.31. The molecule has 1 aliphatic heterocycles. The van der Waals surface area contributed by atoms with Crippen molar-refractivity contribution in [1.29, 1.82) is 0 Å². The first-order chi connectivity index (χ1) is 13.6. The summed E-state index contributed by atoms with van der Waals surface area (Å²) in [5.74, 6) is 1.77. The maximum atomic E-state index is 14.0. The molecule has 1 aliphatic carbocycles. The van der Waals surface area contributed by atoms with E-state index in [1.54, 1.807) is 12.3 Å². The lowest BCUT2D eigenvalue weighted by Crippen LogP contribution is -2.50. The Kier molecular flexibility index (Phi) is 7.48. The summed E-state index contributed by atoms with van der Waals surface area (Å²) in [7, 11) is 6.16. The van der Waals surface area contributed by atoms with E-state index in [0.29, 0.717) is 11.9 Å². The largest absolute Gasteiger partial charge is 0.355 e. The number of pyridine rings is 1. The summed E-state index contributed by atoms with van der Waals surface area (Å²) in [6.45, 7) is 2.42. The van der Waals surface area contributed by atoms with Crippen LogP contribution in [-0.4, -0.2) is 68.7 Å². The summed E-state index contributed by atoms with van der Waals surface area (Å²) >= 11 is 0. The quantitative estimate of drug-likeness (QED) is 0.577. The van der Waals surface area contributed by atoms with E-state index in [1.807, 2.05) is 11.9 Å². The van der Waals surface area contributed by atoms with Gasteiger partial charge in [-0.25, -0.2) is 9.37 Å². The number of anilines is 1. The third kappa shape index (κ3) is 5.34. The van der Waals surface area contributed by atoms with Crippen molar-refractivity contribution in [1.82, 2.24) is 20.5 Å². The van der Waals surface area contributed by atoms with E-state index in [4.69, 9.17) is 0 Å². The lowest BCUT2D eigenvalue weighted by Gasteiger charge is -2.35. The van der Waals surface area contributed by atoms with Gasteiger partial charge in [-0.15, -0.1) is 0 Å². The molecule has 0 radical (unpaired) electrons. The highest BCUT2D eigenvalue weighted by Crippen LogP contribution is 2.28. The Morgan fingerprint density at radius 2 is 2.11 bits per heavy atom. The second-order valence-electron chi connectivity index (χ2n) is 8.27. The van der Waals surface area contributed by atoms with Gasteiger partial charge in [0.1, 0.15) is 0 Å². The maximum absolute atomic E-state index is 14.0. The molecule has 0 aromatic carbocycles. The minimum absolute atomic E-state index is 0.236. The highest BCUT2D eigenvalue weighted by molar-refractivity contribution is 5.80. The monoisotopic (exact) mass is 390 g/mol. The molecule has 2 unspecified atom stereocenters. The van der Waals surface area contributed by atoms with Gasteiger partial charge in [-0.2, -0.15) is 0 Å². The molecule has 7 heteroatoms. The Morgan fingerprint density at radius 3 is 2.79 bits per heavy atom. The number of nitrogens with zero attached hydrogens (tertiary/aromatic N) is 4. The molecule has 3 rings (SSSR count). The second-order valence-corrected chi connectivity index (χ2v) is 8.27. The number of guanidine groups is 1. The number of nitrogens with one attached hydrogen (secondary N) is 2. The van der Waals surface area contributed by atoms with Crippen LogP contribution in [0.1, 0.15) is 38.5 Å². The van der Waals surface area contributed by atoms with Gasteiger partial charge >= 0.3 is 0 Å². The normalized spacial score (nSPS) is 22.5. The van der Waals surface area contributed by atoms with Gasteiger partial charge in [-0.05, 0) is 51.4 Å². The van der Waals surface area contributed by atoms with Crippen molar-refractivity contribution >= 4 is 11.8 Å². The molecule has 2 N–H and O–H groups in total. The van der Waals surface area contributed by atoms with Crippen LogP contribution in [0.25, 0.3) is 0 Å². The third-order valence-electron chi connectivity index (χ3n) is 6.13. The molecule has 2 atom stereocenters. The van der Waals surface area contributed by atoms with Gasteiger partial charge in [0.25, 0.3) is 0 Å². The van der Waals surface area contributed by atoms with Crippen LogP contribution in [0, 0.1) is 11.7 Å². The second kappa shape index (κ2) is 10.0. The van der Waals surface area contributed by atoms with Crippen LogP contribution in [0.4, 0.5) is 10.2 Å². The summed E-state index contributed by atoms with van der Waals surface area (Å²) < 4.78 is 14.0. The Bertz CT molecular complexity index is 644. The van der Waals surface area contributed by atoms with Crippen molar-refractivity contribution in [2.45, 2.75) is 50.6 Å². The first kappa shape index (κ1) is 20.8. The molecule has 1 aromatic heterocycles. The van der Waals surface area contributed by atoms with E-state index in [2.05, 4.69) is 39.6 Å². The number of rotatable bonds is 6. The molecule has 2 heterocycles. The predicted molar refractivity (Wildman–Crippen MR) is 113 cm³/mol. The molecule has 28 heavy (non-hydrogen) atoms. The van der Waals surface area contributed by atoms with E-state index >= 15 is 0 Å². The molecular formula is C21H35FN6. The number of aromatic nitrogens is 1. The van der Waals surface area contributed by atoms with Crippen LogP contribution < -0.4 is 15.5 Å². The summed E-state index contributed by atoms with van der Waals surface area (Å²) in [5.41, 5.74) is 0. The van der Waals surface area contributed by atoms with Crippen LogP contribution in [0.3, 0.4) is 0 Å². The Hall–Kier alpha value is -1.89. The van der Waals surface area contributed by atoms with Crippen LogP contribution in [0.5, 0.6) is 0 Å². The molecule has 1 aromatic rings. The fourth-order valence-electron chi connectivity index (χ4n) is 4.56. The zero-order valence-corrected chi connectivity index (χ0v) is 17.5. The van der Waals surface area contributed by atoms with Crippen LogP contribution in [0.15, 0.2) is 23.3 Å². The van der Waals surface area contributed by atoms with E-state index in [1.165, 1.54) is 38.2 Å². The fourth-order valence-corrected chi connectivity index (χ4v) is 4.56. The zero-order valence-electron chi connectivity index (χ0n) is 17.5. The van der Waals surface area contributed by atoms with Gasteiger partial charge in [0.2, 0.25) is 0 Å². The van der Waals surface area contributed by atoms with Crippen LogP contribution in [0.2, 0.25) is 0 Å². The lowest BCUT2D eigenvalue weighted by molar-refractivity contribution is 0.171. The lowest BCUT2D eigenvalue weighted by atomic mass is 9.83. The number of aliphatic imine (C=N–C) groups is 1. The van der Waals surface area contributed by atoms with Crippen molar-refractivity contribution in [3.63, 3.8) is 0 Å². The van der Waals surface area contributed by atoms with E-state index < -0.39 is 0 Å². The maximum Gasteiger partial charge on any atom is 0.191 e. The molecule has 1 saturated carbocycles. The van der Waals surface area contributed by atoms with Gasteiger partial charge in [-0.1, -0.05) is 19.3 Å². The number of hydrogen-bond donors (Lipinski definition) is 2. The summed E-state index contributed by atoms with van der Waals surface area (Å²) in [6, 6.07) is 3.85. The molecular weight excluding hydrogens is 355 g/mol. The van der Waals surface area contributed by atoms with Gasteiger partial charge in [-0.3, -0.25) is 4.99 Å². The van der Waals surface area contributed by atoms with Crippen molar-refractivity contribution in [2.24, 2.45) is 10.9 Å². The van der Waals surface area contributed by atoms with Gasteiger partial charge in [0.05, 0.1) is 0 Å². The van der Waals surface area contributed by atoms with Crippen LogP contribution >= 0.6 is 0 Å². The van der Waals surface area contributed by atoms with Gasteiger partial charge in [0.15, 0.2) is 17.6 Å². The molecule has 156 valence electrons. The van der Waals surface area contributed by atoms with Gasteiger partial charge in [0, 0.05) is 45.0 Å². The predicted octanol–water partition coefficient (Wildman–Crippen LogP) is 2.47. The molecule has 0 bridgehead atoms. The minimum Gasteiger partial charge on any atom is -0.355 e. The molecule has 2 aliphatic rings. The topological polar surface area (TPSA) is 55.8 Å². The van der Waals surface area contributed by atoms with Crippen molar-refractivity contribution in [2.75, 3.05) is 45.7 Å². The Balaban J connectivity index is 1.51. The first-order valence-electron chi connectivity index (χ1n) is 10.6. The highest BCUT2D eigenvalue weighted by Gasteiger charge is 2.28. The molecule has 2 fully saturated rings. The highest BCUT2D eigenvalue weighted by atomic mass is 19.1. The standard InChI is InChI=1S/C21H35FN6/c1-23-21(25-14-19(27(2)3)16-8-5-4-6-9-16)26-17-11-13-28(15-17)20-18(22)10-7-12-24-20/h7,10,12,16-17,19H,4-6,8-9,11,13-15H2,1-3H3,(H2,23,25,26). The van der Waals surface area contributed by atoms with Gasteiger partial charge < -0.3 is 20.4 Å². The molecule has 1 saturated heterocycles. The van der Waals surface area contributed by atoms with Crippen molar-refractivity contribution in [3.05, 3.63) is 24.1 Å². The Labute approximate surface area is 168 Å². The van der Waals surface area contributed by atoms with E-state index in [9.17, 15) is 4.39 Å². The van der Waals surface area contributed by atoms with Crippen LogP contribution in [-0.2, 0) is 0 Å². The molecule has 6 nitrogen and oxygen atoms in total. The third-order valence-corrected chi connectivity index (χ3v) is 6.13. The average Bonchev–Trinajstić information content (AvgIpc) is 3.16. The Morgan fingerprint density at radius 1 is 1.32 bits per heavy atom. The molecule has 0 spiro atoms. The average molecular weight is 391 g/mol. The first-order valence-corrected chi connectivity index (χ1v) is 10.6. The smallest absolute Gasteiger partial charge is 0.191 e. The number of likely N-dealkylation sites (N-methyl/N-ethyl adjacent to an activating group) is 1. The number of halogens is 1. The SMILES string of the molecule is CN=C(NCC(C1CCCCC1)N(C)C)NC1CCN(c2ncccc2F)C1.